The second-order valence-corrected chi connectivity index (χ2v) is 8.50. The fourth-order valence-electron chi connectivity index (χ4n) is 2.90. The van der Waals surface area contributed by atoms with Crippen molar-refractivity contribution in [3.8, 4) is 16.9 Å². The molecule has 1 radical (unpaired) electrons. The van der Waals surface area contributed by atoms with Crippen molar-refractivity contribution >= 4 is 20.9 Å². The van der Waals surface area contributed by atoms with E-state index in [9.17, 15) is 30.8 Å². The van der Waals surface area contributed by atoms with Gasteiger partial charge in [-0.3, -0.25) is 4.79 Å². The fourth-order valence-corrected chi connectivity index (χ4v) is 3.35. The maximum atomic E-state index is 14.4. The van der Waals surface area contributed by atoms with Gasteiger partial charge >= 0.3 is 15.6 Å². The lowest BCUT2D eigenvalue weighted by Gasteiger charge is -2.15. The summed E-state index contributed by atoms with van der Waals surface area (Å²) in [4.78, 5) is 12.8. The molecular weight excluding hydrogens is 426 g/mol. The van der Waals surface area contributed by atoms with Gasteiger partial charge in [-0.15, -0.1) is 0 Å². The van der Waals surface area contributed by atoms with Gasteiger partial charge < -0.3 is 8.75 Å². The molecule has 0 bridgehead atoms. The molecule has 0 aliphatic carbocycles. The van der Waals surface area contributed by atoms with Crippen LogP contribution in [0.15, 0.2) is 47.3 Å². The van der Waals surface area contributed by atoms with Gasteiger partial charge in [-0.25, -0.2) is 4.39 Å². The molecule has 159 valence electrons. The summed E-state index contributed by atoms with van der Waals surface area (Å²) in [5.41, 5.74) is -5.97. The summed E-state index contributed by atoms with van der Waals surface area (Å²) in [7, 11) is -5.91. The summed E-state index contributed by atoms with van der Waals surface area (Å²) in [6.45, 7) is 4.01. The molecule has 2 aromatic carbocycles. The number of hydrogen-bond donors (Lipinski definition) is 0. The second kappa shape index (κ2) is 7.75. The van der Waals surface area contributed by atoms with Gasteiger partial charge in [0, 0.05) is 28.4 Å². The summed E-state index contributed by atoms with van der Waals surface area (Å²) < 4.78 is 80.5. The maximum Gasteiger partial charge on any atom is 0.534 e. The molecule has 0 aliphatic heterocycles. The maximum absolute atomic E-state index is 14.4. The van der Waals surface area contributed by atoms with Crippen LogP contribution in [0.5, 0.6) is 5.75 Å². The molecule has 0 saturated carbocycles. The quantitative estimate of drug-likeness (QED) is 0.332. The third-order valence-electron chi connectivity index (χ3n) is 4.16. The van der Waals surface area contributed by atoms with Crippen molar-refractivity contribution in [1.82, 2.24) is 4.57 Å². The zero-order valence-corrected chi connectivity index (χ0v) is 16.6. The lowest BCUT2D eigenvalue weighted by molar-refractivity contribution is -0.0500. The molecular formula is C20H16F4NO4S. The number of rotatable bonds is 5. The molecule has 0 amide bonds. The molecule has 3 aromatic rings. The third kappa shape index (κ3) is 4.18. The number of alkyl halides is 3. The number of fused-ring (bicyclic) bond motifs is 1. The fraction of sp³-hybridized carbons (Fsp3) is 0.250. The highest BCUT2D eigenvalue weighted by atomic mass is 32.2. The largest absolute Gasteiger partial charge is 0.534 e. The Hall–Kier alpha value is -2.88. The SMILES string of the molecule is CC(C)Cn1[c]c(-c2ccccc2F)c2cc(OS(=O)(=O)C(F)(F)F)ccc2c1=O. The van der Waals surface area contributed by atoms with Gasteiger partial charge in [-0.2, -0.15) is 21.6 Å². The third-order valence-corrected chi connectivity index (χ3v) is 5.14. The smallest absolute Gasteiger partial charge is 0.376 e. The van der Waals surface area contributed by atoms with Crippen LogP contribution >= 0.6 is 0 Å². The van der Waals surface area contributed by atoms with Crippen LogP contribution in [0.2, 0.25) is 0 Å². The second-order valence-electron chi connectivity index (χ2n) is 6.97. The van der Waals surface area contributed by atoms with Crippen molar-refractivity contribution in [2.75, 3.05) is 0 Å². The number of pyridine rings is 1. The molecule has 0 aliphatic rings. The van der Waals surface area contributed by atoms with Crippen LogP contribution in [0.1, 0.15) is 13.8 Å². The van der Waals surface area contributed by atoms with E-state index in [4.69, 9.17) is 0 Å². The van der Waals surface area contributed by atoms with Crippen molar-refractivity contribution in [3.05, 3.63) is 64.8 Å². The molecule has 0 fully saturated rings. The number of benzene rings is 2. The summed E-state index contributed by atoms with van der Waals surface area (Å²) in [6, 6.07) is 8.65. The van der Waals surface area contributed by atoms with Crippen LogP contribution in [0.3, 0.4) is 0 Å². The summed E-state index contributed by atoms with van der Waals surface area (Å²) in [5, 5.41) is 0.0735. The lowest BCUT2D eigenvalue weighted by atomic mass is 9.99. The number of hydrogen-bond acceptors (Lipinski definition) is 4. The molecule has 1 aromatic heterocycles. The monoisotopic (exact) mass is 442 g/mol. The van der Waals surface area contributed by atoms with Gasteiger partial charge in [-0.05, 0) is 30.2 Å². The number of nitrogens with zero attached hydrogens (tertiary/aromatic N) is 1. The molecule has 3 rings (SSSR count). The predicted molar refractivity (Wildman–Crippen MR) is 103 cm³/mol. The zero-order valence-electron chi connectivity index (χ0n) is 15.8. The lowest BCUT2D eigenvalue weighted by Crippen LogP contribution is -2.28. The minimum atomic E-state index is -5.91. The van der Waals surface area contributed by atoms with Gasteiger partial charge in [0.25, 0.3) is 5.56 Å². The van der Waals surface area contributed by atoms with E-state index in [2.05, 4.69) is 10.4 Å². The van der Waals surface area contributed by atoms with Crippen molar-refractivity contribution < 1.29 is 30.2 Å². The highest BCUT2D eigenvalue weighted by molar-refractivity contribution is 7.88. The van der Waals surface area contributed by atoms with Crippen LogP contribution in [0.25, 0.3) is 21.9 Å². The van der Waals surface area contributed by atoms with E-state index in [0.717, 1.165) is 18.2 Å². The molecule has 0 spiro atoms. The highest BCUT2D eigenvalue weighted by Crippen LogP contribution is 2.33. The Morgan fingerprint density at radius 1 is 1.10 bits per heavy atom. The minimum absolute atomic E-state index is 0.0139. The van der Waals surface area contributed by atoms with Gasteiger partial charge in [0.05, 0.1) is 6.20 Å². The Bertz CT molecular complexity index is 1260. The van der Waals surface area contributed by atoms with Crippen LogP contribution in [0, 0.1) is 17.9 Å². The Labute approximate surface area is 169 Å². The molecule has 10 heteroatoms. The first kappa shape index (κ1) is 21.8. The van der Waals surface area contributed by atoms with Crippen molar-refractivity contribution in [1.29, 1.82) is 0 Å². The van der Waals surface area contributed by atoms with Crippen LogP contribution in [-0.4, -0.2) is 18.5 Å². The summed E-state index contributed by atoms with van der Waals surface area (Å²) in [6.07, 6.45) is 2.80. The summed E-state index contributed by atoms with van der Waals surface area (Å²) in [5.74, 6) is -1.24. The van der Waals surface area contributed by atoms with E-state index in [1.165, 1.54) is 22.8 Å². The topological polar surface area (TPSA) is 65.4 Å². The Morgan fingerprint density at radius 3 is 2.37 bits per heavy atom. The van der Waals surface area contributed by atoms with E-state index in [1.54, 1.807) is 6.07 Å². The first-order chi connectivity index (χ1) is 13.9. The zero-order chi connectivity index (χ0) is 22.3. The van der Waals surface area contributed by atoms with E-state index >= 15 is 0 Å². The molecule has 1 heterocycles. The van der Waals surface area contributed by atoms with Gasteiger partial charge in [0.15, 0.2) is 0 Å². The number of aromatic nitrogens is 1. The van der Waals surface area contributed by atoms with Crippen molar-refractivity contribution in [2.24, 2.45) is 5.92 Å². The van der Waals surface area contributed by atoms with Gasteiger partial charge in [0.1, 0.15) is 11.6 Å². The minimum Gasteiger partial charge on any atom is -0.376 e. The van der Waals surface area contributed by atoms with Gasteiger partial charge in [-0.1, -0.05) is 32.0 Å². The first-order valence-corrected chi connectivity index (χ1v) is 10.2. The van der Waals surface area contributed by atoms with Crippen LogP contribution in [-0.2, 0) is 16.7 Å². The summed E-state index contributed by atoms with van der Waals surface area (Å²) >= 11 is 0. The normalized spacial score (nSPS) is 12.5. The molecule has 0 N–H and O–H groups in total. The molecule has 0 atom stereocenters. The van der Waals surface area contributed by atoms with Crippen molar-refractivity contribution in [3.63, 3.8) is 0 Å². The first-order valence-electron chi connectivity index (χ1n) is 8.76. The molecule has 0 saturated heterocycles. The molecule has 5 nitrogen and oxygen atoms in total. The van der Waals surface area contributed by atoms with Crippen molar-refractivity contribution in [2.45, 2.75) is 25.9 Å². The predicted octanol–water partition coefficient (Wildman–Crippen LogP) is 4.49. The van der Waals surface area contributed by atoms with Gasteiger partial charge in [0.2, 0.25) is 0 Å². The Balaban J connectivity index is 2.29. The van der Waals surface area contributed by atoms with Crippen LogP contribution in [0.4, 0.5) is 17.6 Å². The van der Waals surface area contributed by atoms with E-state index in [-0.39, 0.29) is 34.4 Å². The Kier molecular flexibility index (Phi) is 5.64. The van der Waals surface area contributed by atoms with Crippen LogP contribution < -0.4 is 9.74 Å². The number of halogens is 4. The highest BCUT2D eigenvalue weighted by Gasteiger charge is 2.48. The average Bonchev–Trinajstić information content (AvgIpc) is 2.63. The van der Waals surface area contributed by atoms with E-state index < -0.39 is 32.8 Å². The average molecular weight is 442 g/mol. The molecule has 30 heavy (non-hydrogen) atoms. The van der Waals surface area contributed by atoms with E-state index in [1.807, 2.05) is 13.8 Å². The molecule has 0 unspecified atom stereocenters. The Morgan fingerprint density at radius 2 is 1.77 bits per heavy atom. The van der Waals surface area contributed by atoms with E-state index in [0.29, 0.717) is 0 Å². The standard InChI is InChI=1S/C20H16F4NO4S/c1-12(2)10-25-11-17(14-5-3-4-6-18(14)21)16-9-13(7-8-15(16)19(25)26)29-30(27,28)20(22,23)24/h3-9,12H,10H2,1-2H3.